The molecule has 3 rings (SSSR count). The van der Waals surface area contributed by atoms with Gasteiger partial charge >= 0.3 is 0 Å². The number of benzene rings is 1. The van der Waals surface area contributed by atoms with Crippen molar-refractivity contribution in [3.63, 3.8) is 0 Å². The second-order valence-electron chi connectivity index (χ2n) is 6.98. The molecule has 27 heavy (non-hydrogen) atoms. The fraction of sp³-hybridized carbons (Fsp3) is 0.500. The number of aromatic nitrogens is 2. The summed E-state index contributed by atoms with van der Waals surface area (Å²) in [6.07, 6.45) is 0. The largest absolute Gasteiger partial charge is 0.340 e. The zero-order chi connectivity index (χ0) is 19.6. The lowest BCUT2D eigenvalue weighted by atomic mass is 10.0. The average Bonchev–Trinajstić information content (AvgIpc) is 3.09. The number of hydrogen-bond acceptors (Lipinski definition) is 6. The molecule has 1 fully saturated rings. The number of nitrogens with one attached hydrogen (secondary N) is 2. The second-order valence-corrected chi connectivity index (χ2v) is 6.98. The Labute approximate surface area is 156 Å². The van der Waals surface area contributed by atoms with Gasteiger partial charge in [0.15, 0.2) is 5.82 Å². The quantitative estimate of drug-likeness (QED) is 0.827. The summed E-state index contributed by atoms with van der Waals surface area (Å²) in [4.78, 5) is 19.0. The van der Waals surface area contributed by atoms with Crippen molar-refractivity contribution in [2.75, 3.05) is 26.7 Å². The van der Waals surface area contributed by atoms with Crippen LogP contribution in [0, 0.1) is 17.6 Å². The number of hydrogen-bond donors (Lipinski definition) is 2. The Bertz CT molecular complexity index is 791. The molecule has 0 spiro atoms. The second kappa shape index (κ2) is 8.10. The molecule has 0 aliphatic carbocycles. The molecule has 1 aromatic carbocycles. The average molecular weight is 379 g/mol. The minimum Gasteiger partial charge on any atom is -0.340 e. The summed E-state index contributed by atoms with van der Waals surface area (Å²) < 4.78 is 33.1. The highest BCUT2D eigenvalue weighted by Crippen LogP contribution is 2.25. The summed E-state index contributed by atoms with van der Waals surface area (Å²) >= 11 is 0. The van der Waals surface area contributed by atoms with Gasteiger partial charge in [0.25, 0.3) is 5.91 Å². The van der Waals surface area contributed by atoms with Gasteiger partial charge in [-0.1, -0.05) is 25.1 Å². The van der Waals surface area contributed by atoms with Crippen molar-refractivity contribution in [1.82, 2.24) is 25.7 Å². The molecule has 9 heteroatoms. The summed E-state index contributed by atoms with van der Waals surface area (Å²) in [5.74, 6) is -2.10. The molecule has 1 amide bonds. The van der Waals surface area contributed by atoms with Gasteiger partial charge in [-0.15, -0.1) is 0 Å². The molecule has 1 unspecified atom stereocenters. The monoisotopic (exact) mass is 379 g/mol. The van der Waals surface area contributed by atoms with Gasteiger partial charge in [-0.25, -0.2) is 8.78 Å². The van der Waals surface area contributed by atoms with Gasteiger partial charge in [-0.2, -0.15) is 4.98 Å². The number of carbonyl (C=O) groups is 1. The molecular formula is C18H23F2N5O2. The van der Waals surface area contributed by atoms with Crippen LogP contribution in [0.4, 0.5) is 8.78 Å². The molecule has 1 aromatic heterocycles. The van der Waals surface area contributed by atoms with Gasteiger partial charge in [0.05, 0.1) is 6.04 Å². The number of carbonyl (C=O) groups excluding carboxylic acids is 1. The van der Waals surface area contributed by atoms with Crippen molar-refractivity contribution in [1.29, 1.82) is 0 Å². The Hall–Kier alpha value is -2.39. The van der Waals surface area contributed by atoms with E-state index in [2.05, 4.69) is 25.7 Å². The molecule has 146 valence electrons. The van der Waals surface area contributed by atoms with E-state index in [0.29, 0.717) is 12.4 Å². The maximum atomic E-state index is 13.9. The number of nitrogens with zero attached hydrogens (tertiary/aromatic N) is 3. The molecule has 2 heterocycles. The third-order valence-corrected chi connectivity index (χ3v) is 4.68. The molecule has 1 saturated heterocycles. The van der Waals surface area contributed by atoms with Crippen LogP contribution in [0.5, 0.6) is 0 Å². The van der Waals surface area contributed by atoms with Crippen LogP contribution in [0.15, 0.2) is 22.7 Å². The first-order chi connectivity index (χ1) is 12.9. The highest BCUT2D eigenvalue weighted by atomic mass is 19.1. The number of piperazine rings is 1. The Kier molecular flexibility index (Phi) is 5.81. The first-order valence-electron chi connectivity index (χ1n) is 8.87. The smallest absolute Gasteiger partial charge is 0.257 e. The van der Waals surface area contributed by atoms with Crippen LogP contribution in [-0.2, 0) is 0 Å². The van der Waals surface area contributed by atoms with E-state index in [4.69, 9.17) is 4.52 Å². The van der Waals surface area contributed by atoms with Crippen LogP contribution in [0.3, 0.4) is 0 Å². The third-order valence-electron chi connectivity index (χ3n) is 4.68. The van der Waals surface area contributed by atoms with Crippen molar-refractivity contribution in [3.8, 4) is 0 Å². The number of amides is 1. The van der Waals surface area contributed by atoms with E-state index in [9.17, 15) is 13.6 Å². The predicted octanol–water partition coefficient (Wildman–Crippen LogP) is 2.05. The van der Waals surface area contributed by atoms with E-state index in [0.717, 1.165) is 25.2 Å². The molecule has 7 nitrogen and oxygen atoms in total. The fourth-order valence-electron chi connectivity index (χ4n) is 3.04. The highest BCUT2D eigenvalue weighted by Gasteiger charge is 2.30. The maximum absolute atomic E-state index is 13.9. The Morgan fingerprint density at radius 3 is 2.70 bits per heavy atom. The highest BCUT2D eigenvalue weighted by molar-refractivity contribution is 5.94. The van der Waals surface area contributed by atoms with E-state index >= 15 is 0 Å². The topological polar surface area (TPSA) is 83.3 Å². The van der Waals surface area contributed by atoms with Gasteiger partial charge in [-0.3, -0.25) is 9.69 Å². The van der Waals surface area contributed by atoms with Crippen molar-refractivity contribution < 1.29 is 18.1 Å². The van der Waals surface area contributed by atoms with E-state index < -0.39 is 29.1 Å². The molecule has 1 aliphatic rings. The molecule has 0 radical (unpaired) electrons. The lowest BCUT2D eigenvalue weighted by Gasteiger charge is -2.30. The van der Waals surface area contributed by atoms with Gasteiger partial charge in [0.2, 0.25) is 5.89 Å². The van der Waals surface area contributed by atoms with Crippen LogP contribution in [0.1, 0.15) is 48.0 Å². The summed E-state index contributed by atoms with van der Waals surface area (Å²) in [5.41, 5.74) is -0.626. The normalized spacial score (nSPS) is 19.3. The number of likely N-dealkylation sites (N-methyl/N-ethyl adjacent to an activating group) is 1. The molecule has 0 saturated carbocycles. The summed E-state index contributed by atoms with van der Waals surface area (Å²) in [7, 11) is 1.98. The molecule has 2 N–H and O–H groups in total. The van der Waals surface area contributed by atoms with Crippen molar-refractivity contribution >= 4 is 5.91 Å². The van der Waals surface area contributed by atoms with E-state index in [1.165, 1.54) is 6.07 Å². The number of rotatable bonds is 5. The van der Waals surface area contributed by atoms with Crippen LogP contribution in [0.25, 0.3) is 0 Å². The Morgan fingerprint density at radius 2 is 2.07 bits per heavy atom. The Balaban J connectivity index is 1.81. The zero-order valence-corrected chi connectivity index (χ0v) is 15.5. The Morgan fingerprint density at radius 1 is 1.37 bits per heavy atom. The first kappa shape index (κ1) is 19.4. The van der Waals surface area contributed by atoms with Gasteiger partial charge in [0.1, 0.15) is 23.2 Å². The van der Waals surface area contributed by atoms with Gasteiger partial charge < -0.3 is 15.2 Å². The lowest BCUT2D eigenvalue weighted by Crippen LogP contribution is -2.44. The van der Waals surface area contributed by atoms with Gasteiger partial charge in [0, 0.05) is 19.6 Å². The summed E-state index contributed by atoms with van der Waals surface area (Å²) in [6.45, 7) is 6.12. The van der Waals surface area contributed by atoms with Gasteiger partial charge in [-0.05, 0) is 25.1 Å². The summed E-state index contributed by atoms with van der Waals surface area (Å²) in [6, 6.07) is 2.59. The standard InChI is InChI=1S/C18H23F2N5O2/c1-10(2)15(22-17(26)14-11(19)5-4-6-12(14)20)18-23-16(24-27-18)13-9-21-7-8-25(13)3/h4-6,10,13,15,21H,7-9H2,1-3H3,(H,22,26)/t13?,15-/m0/s1. The minimum absolute atomic E-state index is 0.0382. The maximum Gasteiger partial charge on any atom is 0.257 e. The van der Waals surface area contributed by atoms with Crippen LogP contribution >= 0.6 is 0 Å². The van der Waals surface area contributed by atoms with Crippen LogP contribution in [-0.4, -0.2) is 47.6 Å². The van der Waals surface area contributed by atoms with E-state index in [1.807, 2.05) is 20.9 Å². The first-order valence-corrected chi connectivity index (χ1v) is 8.87. The summed E-state index contributed by atoms with van der Waals surface area (Å²) in [5, 5.41) is 9.93. The van der Waals surface area contributed by atoms with Crippen molar-refractivity contribution in [2.24, 2.45) is 5.92 Å². The predicted molar refractivity (Wildman–Crippen MR) is 93.9 cm³/mol. The zero-order valence-electron chi connectivity index (χ0n) is 15.5. The molecular weight excluding hydrogens is 356 g/mol. The number of halogens is 2. The SMILES string of the molecule is CC(C)[C@H](NC(=O)c1c(F)cccc1F)c1nc(C2CNCCN2C)no1. The third kappa shape index (κ3) is 4.14. The van der Waals surface area contributed by atoms with Crippen molar-refractivity contribution in [3.05, 3.63) is 47.1 Å². The molecule has 2 aromatic rings. The lowest BCUT2D eigenvalue weighted by molar-refractivity contribution is 0.0905. The molecule has 1 aliphatic heterocycles. The molecule has 0 bridgehead atoms. The van der Waals surface area contributed by atoms with Crippen molar-refractivity contribution in [2.45, 2.75) is 25.9 Å². The van der Waals surface area contributed by atoms with E-state index in [1.54, 1.807) is 0 Å². The fourth-order valence-corrected chi connectivity index (χ4v) is 3.04. The molecule has 2 atom stereocenters. The van der Waals surface area contributed by atoms with Crippen LogP contribution in [0.2, 0.25) is 0 Å². The van der Waals surface area contributed by atoms with E-state index in [-0.39, 0.29) is 17.9 Å². The van der Waals surface area contributed by atoms with Crippen LogP contribution < -0.4 is 10.6 Å². The minimum atomic E-state index is -0.920.